The van der Waals surface area contributed by atoms with Gasteiger partial charge in [-0.3, -0.25) is 4.79 Å². The Kier molecular flexibility index (Phi) is 5.86. The molecule has 26 heavy (non-hydrogen) atoms. The van der Waals surface area contributed by atoms with Gasteiger partial charge < -0.3 is 5.73 Å². The second kappa shape index (κ2) is 8.12. The molecular formula is C20H24N2O3S. The molecule has 0 saturated heterocycles. The highest BCUT2D eigenvalue weighted by Gasteiger charge is 2.30. The van der Waals surface area contributed by atoms with Gasteiger partial charge in [0.25, 0.3) is 0 Å². The van der Waals surface area contributed by atoms with Crippen molar-refractivity contribution < 1.29 is 13.2 Å². The van der Waals surface area contributed by atoms with E-state index in [1.54, 1.807) is 42.5 Å². The van der Waals surface area contributed by atoms with Gasteiger partial charge in [-0.25, -0.2) is 13.1 Å². The molecule has 0 bridgehead atoms. The van der Waals surface area contributed by atoms with Gasteiger partial charge in [0.2, 0.25) is 10.0 Å². The summed E-state index contributed by atoms with van der Waals surface area (Å²) in [4.78, 5) is 12.8. The molecule has 0 amide bonds. The lowest BCUT2D eigenvalue weighted by atomic mass is 9.99. The Labute approximate surface area is 154 Å². The zero-order chi connectivity index (χ0) is 18.6. The van der Waals surface area contributed by atoms with Crippen molar-refractivity contribution in [2.45, 2.75) is 36.6 Å². The molecular weight excluding hydrogens is 348 g/mol. The standard InChI is InChI=1S/C20H24N2O3S/c21-14-18(15-8-4-5-9-15)22-26(24,25)19-13-7-6-12-17(19)20(23)16-10-2-1-3-11-16/h1-3,6-7,10-13,15,18,22H,4-5,8-9,14,21H2. The van der Waals surface area contributed by atoms with Crippen molar-refractivity contribution in [1.82, 2.24) is 4.72 Å². The molecule has 1 aliphatic rings. The van der Waals surface area contributed by atoms with E-state index in [0.29, 0.717) is 5.56 Å². The lowest BCUT2D eigenvalue weighted by molar-refractivity contribution is 0.103. The van der Waals surface area contributed by atoms with Crippen LogP contribution in [0.5, 0.6) is 0 Å². The van der Waals surface area contributed by atoms with Gasteiger partial charge in [0, 0.05) is 23.7 Å². The molecule has 5 nitrogen and oxygen atoms in total. The number of rotatable bonds is 7. The van der Waals surface area contributed by atoms with Crippen LogP contribution in [0.2, 0.25) is 0 Å². The summed E-state index contributed by atoms with van der Waals surface area (Å²) >= 11 is 0. The van der Waals surface area contributed by atoms with Gasteiger partial charge in [-0.2, -0.15) is 0 Å². The van der Waals surface area contributed by atoms with E-state index >= 15 is 0 Å². The highest BCUT2D eigenvalue weighted by molar-refractivity contribution is 7.89. The third kappa shape index (κ3) is 4.03. The second-order valence-corrected chi connectivity index (χ2v) is 8.38. The second-order valence-electron chi connectivity index (χ2n) is 6.70. The van der Waals surface area contributed by atoms with Gasteiger partial charge in [-0.15, -0.1) is 0 Å². The van der Waals surface area contributed by atoms with Crippen molar-refractivity contribution in [2.75, 3.05) is 6.54 Å². The molecule has 3 rings (SSSR count). The maximum absolute atomic E-state index is 13.0. The number of sulfonamides is 1. The fourth-order valence-electron chi connectivity index (χ4n) is 3.59. The molecule has 0 radical (unpaired) electrons. The van der Waals surface area contributed by atoms with E-state index in [9.17, 15) is 13.2 Å². The van der Waals surface area contributed by atoms with Crippen LogP contribution < -0.4 is 10.5 Å². The molecule has 1 unspecified atom stereocenters. The van der Waals surface area contributed by atoms with E-state index in [1.807, 2.05) is 6.07 Å². The molecule has 0 heterocycles. The number of carbonyl (C=O) groups is 1. The maximum atomic E-state index is 13.0. The van der Waals surface area contributed by atoms with E-state index in [1.165, 1.54) is 6.07 Å². The fourth-order valence-corrected chi connectivity index (χ4v) is 5.12. The largest absolute Gasteiger partial charge is 0.329 e. The zero-order valence-electron chi connectivity index (χ0n) is 14.6. The van der Waals surface area contributed by atoms with Gasteiger partial charge in [0.05, 0.1) is 4.90 Å². The van der Waals surface area contributed by atoms with Gasteiger partial charge in [-0.1, -0.05) is 55.3 Å². The molecule has 1 saturated carbocycles. The van der Waals surface area contributed by atoms with Crippen LogP contribution in [0.3, 0.4) is 0 Å². The average Bonchev–Trinajstić information content (AvgIpc) is 3.21. The zero-order valence-corrected chi connectivity index (χ0v) is 15.4. The van der Waals surface area contributed by atoms with E-state index in [4.69, 9.17) is 5.73 Å². The topological polar surface area (TPSA) is 89.3 Å². The van der Waals surface area contributed by atoms with E-state index in [0.717, 1.165) is 25.7 Å². The number of nitrogens with two attached hydrogens (primary N) is 1. The van der Waals surface area contributed by atoms with Crippen LogP contribution in [0.15, 0.2) is 59.5 Å². The minimum absolute atomic E-state index is 0.00491. The predicted octanol–water partition coefficient (Wildman–Crippen LogP) is 2.71. The van der Waals surface area contributed by atoms with Crippen LogP contribution in [0.25, 0.3) is 0 Å². The van der Waals surface area contributed by atoms with E-state index < -0.39 is 10.0 Å². The minimum Gasteiger partial charge on any atom is -0.329 e. The van der Waals surface area contributed by atoms with Crippen LogP contribution in [-0.4, -0.2) is 26.8 Å². The Bertz CT molecular complexity index is 860. The first-order valence-corrected chi connectivity index (χ1v) is 10.4. The Morgan fingerprint density at radius 1 is 1.04 bits per heavy atom. The quantitative estimate of drug-likeness (QED) is 0.731. The summed E-state index contributed by atoms with van der Waals surface area (Å²) in [5.41, 5.74) is 6.47. The number of nitrogens with one attached hydrogen (secondary N) is 1. The summed E-state index contributed by atoms with van der Waals surface area (Å²) in [6.45, 7) is 0.249. The van der Waals surface area contributed by atoms with Crippen molar-refractivity contribution in [3.8, 4) is 0 Å². The van der Waals surface area contributed by atoms with Gasteiger partial charge in [0.15, 0.2) is 5.78 Å². The lowest BCUT2D eigenvalue weighted by Gasteiger charge is -2.23. The van der Waals surface area contributed by atoms with Crippen LogP contribution in [-0.2, 0) is 10.0 Å². The molecule has 3 N–H and O–H groups in total. The molecule has 0 aromatic heterocycles. The van der Waals surface area contributed by atoms with Crippen molar-refractivity contribution in [1.29, 1.82) is 0 Å². The third-order valence-electron chi connectivity index (χ3n) is 4.99. The van der Waals surface area contributed by atoms with Crippen LogP contribution in [0.1, 0.15) is 41.6 Å². The Morgan fingerprint density at radius 3 is 2.31 bits per heavy atom. The molecule has 1 fully saturated rings. The van der Waals surface area contributed by atoms with Crippen molar-refractivity contribution in [3.05, 3.63) is 65.7 Å². The Balaban J connectivity index is 1.92. The maximum Gasteiger partial charge on any atom is 0.241 e. The Morgan fingerprint density at radius 2 is 1.65 bits per heavy atom. The molecule has 1 atom stereocenters. The summed E-state index contributed by atoms with van der Waals surface area (Å²) < 4.78 is 28.7. The number of carbonyl (C=O) groups excluding carboxylic acids is 1. The first-order chi connectivity index (χ1) is 12.5. The smallest absolute Gasteiger partial charge is 0.241 e. The summed E-state index contributed by atoms with van der Waals surface area (Å²) in [6, 6.07) is 14.7. The third-order valence-corrected chi connectivity index (χ3v) is 6.53. The highest BCUT2D eigenvalue weighted by Crippen LogP contribution is 2.28. The minimum atomic E-state index is -3.84. The van der Waals surface area contributed by atoms with Gasteiger partial charge in [0.1, 0.15) is 0 Å². The highest BCUT2D eigenvalue weighted by atomic mass is 32.2. The molecule has 138 valence electrons. The number of hydrogen-bond donors (Lipinski definition) is 2. The van der Waals surface area contributed by atoms with Crippen LogP contribution in [0.4, 0.5) is 0 Å². The first-order valence-electron chi connectivity index (χ1n) is 8.94. The molecule has 0 spiro atoms. The Hall–Kier alpha value is -2.02. The summed E-state index contributed by atoms with van der Waals surface area (Å²) in [7, 11) is -3.84. The van der Waals surface area contributed by atoms with Crippen molar-refractivity contribution >= 4 is 15.8 Å². The monoisotopic (exact) mass is 372 g/mol. The van der Waals surface area contributed by atoms with Gasteiger partial charge in [-0.05, 0) is 30.9 Å². The molecule has 2 aromatic rings. The van der Waals surface area contributed by atoms with E-state index in [-0.39, 0.29) is 34.7 Å². The van der Waals surface area contributed by atoms with E-state index in [2.05, 4.69) is 4.72 Å². The number of ketones is 1. The molecule has 2 aromatic carbocycles. The van der Waals surface area contributed by atoms with Gasteiger partial charge >= 0.3 is 0 Å². The first kappa shape index (κ1) is 18.8. The number of benzene rings is 2. The summed E-state index contributed by atoms with van der Waals surface area (Å²) in [5.74, 6) is -0.0523. The normalized spacial score (nSPS) is 16.5. The summed E-state index contributed by atoms with van der Waals surface area (Å²) in [6.07, 6.45) is 4.17. The molecule has 1 aliphatic carbocycles. The molecule has 0 aliphatic heterocycles. The van der Waals surface area contributed by atoms with Crippen molar-refractivity contribution in [3.63, 3.8) is 0 Å². The summed E-state index contributed by atoms with van der Waals surface area (Å²) in [5, 5.41) is 0. The lowest BCUT2D eigenvalue weighted by Crippen LogP contribution is -2.44. The predicted molar refractivity (Wildman–Crippen MR) is 101 cm³/mol. The van der Waals surface area contributed by atoms with Crippen molar-refractivity contribution in [2.24, 2.45) is 11.7 Å². The molecule has 6 heteroatoms. The average molecular weight is 372 g/mol. The van der Waals surface area contributed by atoms with Crippen LogP contribution in [0, 0.1) is 5.92 Å². The fraction of sp³-hybridized carbons (Fsp3) is 0.350. The number of hydrogen-bond acceptors (Lipinski definition) is 4. The van der Waals surface area contributed by atoms with Crippen LogP contribution >= 0.6 is 0 Å². The SMILES string of the molecule is NCC(NS(=O)(=O)c1ccccc1C(=O)c1ccccc1)C1CCCC1.